The van der Waals surface area contributed by atoms with Crippen LogP contribution >= 0.6 is 11.3 Å². The third-order valence-corrected chi connectivity index (χ3v) is 4.53. The second-order valence-corrected chi connectivity index (χ2v) is 6.18. The first-order valence-corrected chi connectivity index (χ1v) is 8.90. The summed E-state index contributed by atoms with van der Waals surface area (Å²) in [7, 11) is 1.64. The molecular weight excluding hydrogens is 346 g/mol. The van der Waals surface area contributed by atoms with Gasteiger partial charge < -0.3 is 9.84 Å². The first-order chi connectivity index (χ1) is 12.7. The van der Waals surface area contributed by atoms with E-state index in [-0.39, 0.29) is 5.75 Å². The standard InChI is InChI=1S/C20H19N3O2S/c1-3-12-21-20-23(22-13-15-8-4-6-10-18(15)24)17(14-26-20)16-9-5-7-11-19(16)25-2/h3-11,13-14,24H,1,12H2,2H3. The monoisotopic (exact) mass is 365 g/mol. The summed E-state index contributed by atoms with van der Waals surface area (Å²) in [5.41, 5.74) is 2.41. The van der Waals surface area contributed by atoms with Crippen LogP contribution in [0.2, 0.25) is 0 Å². The number of para-hydroxylation sites is 2. The van der Waals surface area contributed by atoms with E-state index in [9.17, 15) is 5.11 Å². The topological polar surface area (TPSA) is 59.1 Å². The Morgan fingerprint density at radius 3 is 2.73 bits per heavy atom. The van der Waals surface area contributed by atoms with Crippen LogP contribution in [0.15, 0.2) is 76.7 Å². The average molecular weight is 365 g/mol. The first-order valence-electron chi connectivity index (χ1n) is 8.02. The largest absolute Gasteiger partial charge is 0.507 e. The van der Waals surface area contributed by atoms with E-state index in [0.29, 0.717) is 12.1 Å². The number of rotatable bonds is 6. The molecule has 1 heterocycles. The Bertz CT molecular complexity index is 1000. The predicted octanol–water partition coefficient (Wildman–Crippen LogP) is 3.90. The predicted molar refractivity (Wildman–Crippen MR) is 106 cm³/mol. The van der Waals surface area contributed by atoms with Gasteiger partial charge in [0, 0.05) is 16.5 Å². The number of hydrogen-bond donors (Lipinski definition) is 1. The summed E-state index contributed by atoms with van der Waals surface area (Å²) in [5.74, 6) is 0.933. The van der Waals surface area contributed by atoms with Crippen molar-refractivity contribution in [3.05, 3.63) is 76.9 Å². The summed E-state index contributed by atoms with van der Waals surface area (Å²) < 4.78 is 7.23. The molecule has 0 amide bonds. The third-order valence-electron chi connectivity index (χ3n) is 3.67. The number of thiazole rings is 1. The smallest absolute Gasteiger partial charge is 0.206 e. The Kier molecular flexibility index (Phi) is 5.66. The number of benzene rings is 2. The van der Waals surface area contributed by atoms with E-state index in [0.717, 1.165) is 21.8 Å². The molecule has 0 unspecified atom stereocenters. The van der Waals surface area contributed by atoms with Gasteiger partial charge in [0.15, 0.2) is 0 Å². The molecule has 0 aliphatic carbocycles. The quantitative estimate of drug-likeness (QED) is 0.532. The number of aromatic hydroxyl groups is 1. The van der Waals surface area contributed by atoms with Crippen molar-refractivity contribution in [2.45, 2.75) is 0 Å². The van der Waals surface area contributed by atoms with Crippen molar-refractivity contribution in [1.82, 2.24) is 4.68 Å². The molecular formula is C20H19N3O2S. The van der Waals surface area contributed by atoms with Gasteiger partial charge in [-0.1, -0.05) is 30.3 Å². The molecule has 0 fully saturated rings. The molecule has 5 nitrogen and oxygen atoms in total. The number of phenolic OH excluding ortho intramolecular Hbond substituents is 1. The molecule has 0 bridgehead atoms. The van der Waals surface area contributed by atoms with Gasteiger partial charge in [-0.3, -0.25) is 4.99 Å². The molecule has 6 heteroatoms. The Morgan fingerprint density at radius 2 is 1.96 bits per heavy atom. The molecule has 26 heavy (non-hydrogen) atoms. The average Bonchev–Trinajstić information content (AvgIpc) is 3.08. The van der Waals surface area contributed by atoms with Gasteiger partial charge in [0.2, 0.25) is 4.80 Å². The van der Waals surface area contributed by atoms with Gasteiger partial charge in [0.25, 0.3) is 0 Å². The fraction of sp³-hybridized carbons (Fsp3) is 0.100. The zero-order valence-corrected chi connectivity index (χ0v) is 15.2. The van der Waals surface area contributed by atoms with Crippen molar-refractivity contribution >= 4 is 17.6 Å². The second kappa shape index (κ2) is 8.31. The number of nitrogens with zero attached hydrogens (tertiary/aromatic N) is 3. The summed E-state index contributed by atoms with van der Waals surface area (Å²) in [6.07, 6.45) is 3.35. The highest BCUT2D eigenvalue weighted by Gasteiger charge is 2.12. The maximum Gasteiger partial charge on any atom is 0.206 e. The first kappa shape index (κ1) is 17.7. The highest BCUT2D eigenvalue weighted by molar-refractivity contribution is 7.07. The van der Waals surface area contributed by atoms with E-state index >= 15 is 0 Å². The molecule has 3 rings (SSSR count). The van der Waals surface area contributed by atoms with Gasteiger partial charge in [-0.05, 0) is 24.3 Å². The Morgan fingerprint density at radius 1 is 1.19 bits per heavy atom. The van der Waals surface area contributed by atoms with Crippen LogP contribution in [0, 0.1) is 0 Å². The molecule has 3 aromatic rings. The number of aromatic nitrogens is 1. The summed E-state index contributed by atoms with van der Waals surface area (Å²) in [6.45, 7) is 4.21. The lowest BCUT2D eigenvalue weighted by atomic mass is 10.1. The minimum Gasteiger partial charge on any atom is -0.507 e. The Hall–Kier alpha value is -3.12. The summed E-state index contributed by atoms with van der Waals surface area (Å²) >= 11 is 1.49. The van der Waals surface area contributed by atoms with E-state index in [1.807, 2.05) is 35.7 Å². The maximum atomic E-state index is 9.96. The zero-order chi connectivity index (χ0) is 18.4. The van der Waals surface area contributed by atoms with Crippen LogP contribution in [0.25, 0.3) is 11.3 Å². The molecule has 0 spiro atoms. The van der Waals surface area contributed by atoms with Gasteiger partial charge in [-0.15, -0.1) is 17.9 Å². The normalized spacial score (nSPS) is 11.8. The number of phenols is 1. The molecule has 132 valence electrons. The van der Waals surface area contributed by atoms with Crippen LogP contribution in [0.5, 0.6) is 11.5 Å². The van der Waals surface area contributed by atoms with Crippen molar-refractivity contribution in [2.24, 2.45) is 10.1 Å². The van der Waals surface area contributed by atoms with Gasteiger partial charge in [-0.2, -0.15) is 5.10 Å². The van der Waals surface area contributed by atoms with Crippen LogP contribution in [0.3, 0.4) is 0 Å². The summed E-state index contributed by atoms with van der Waals surface area (Å²) in [4.78, 5) is 5.24. The maximum absolute atomic E-state index is 9.96. The fourth-order valence-corrected chi connectivity index (χ4v) is 3.26. The Labute approximate surface area is 155 Å². The van der Waals surface area contributed by atoms with Crippen molar-refractivity contribution < 1.29 is 9.84 Å². The highest BCUT2D eigenvalue weighted by atomic mass is 32.1. The SMILES string of the molecule is C=CCN=c1scc(-c2ccccc2OC)n1N=Cc1ccccc1O. The van der Waals surface area contributed by atoms with E-state index in [4.69, 9.17) is 4.74 Å². The fourth-order valence-electron chi connectivity index (χ4n) is 2.42. The lowest BCUT2D eigenvalue weighted by Crippen LogP contribution is -2.12. The lowest BCUT2D eigenvalue weighted by molar-refractivity contribution is 0.416. The van der Waals surface area contributed by atoms with Crippen molar-refractivity contribution in [3.63, 3.8) is 0 Å². The van der Waals surface area contributed by atoms with E-state index in [1.54, 1.807) is 42.3 Å². The third kappa shape index (κ3) is 3.75. The molecule has 0 saturated heterocycles. The van der Waals surface area contributed by atoms with Crippen molar-refractivity contribution in [1.29, 1.82) is 0 Å². The highest BCUT2D eigenvalue weighted by Crippen LogP contribution is 2.30. The van der Waals surface area contributed by atoms with Crippen LogP contribution < -0.4 is 9.54 Å². The van der Waals surface area contributed by atoms with Gasteiger partial charge >= 0.3 is 0 Å². The van der Waals surface area contributed by atoms with Crippen LogP contribution in [-0.4, -0.2) is 29.7 Å². The van der Waals surface area contributed by atoms with Crippen molar-refractivity contribution in [2.75, 3.05) is 13.7 Å². The zero-order valence-electron chi connectivity index (χ0n) is 14.4. The molecule has 0 aliphatic heterocycles. The minimum atomic E-state index is 0.176. The number of hydrogen-bond acceptors (Lipinski definition) is 5. The van der Waals surface area contributed by atoms with Crippen LogP contribution in [0.1, 0.15) is 5.56 Å². The Balaban J connectivity index is 2.14. The lowest BCUT2D eigenvalue weighted by Gasteiger charge is -2.08. The molecule has 0 radical (unpaired) electrons. The van der Waals surface area contributed by atoms with E-state index in [2.05, 4.69) is 16.7 Å². The summed E-state index contributed by atoms with van der Waals surface area (Å²) in [5, 5.41) is 16.5. The van der Waals surface area contributed by atoms with Crippen LogP contribution in [0.4, 0.5) is 0 Å². The molecule has 0 saturated carbocycles. The summed E-state index contributed by atoms with van der Waals surface area (Å²) in [6, 6.07) is 14.8. The molecule has 2 aromatic carbocycles. The number of methoxy groups -OCH3 is 1. The van der Waals surface area contributed by atoms with Gasteiger partial charge in [-0.25, -0.2) is 4.68 Å². The van der Waals surface area contributed by atoms with Gasteiger partial charge in [0.05, 0.1) is 25.6 Å². The molecule has 1 N–H and O–H groups in total. The molecule has 1 aromatic heterocycles. The van der Waals surface area contributed by atoms with Gasteiger partial charge in [0.1, 0.15) is 11.5 Å². The minimum absolute atomic E-state index is 0.176. The van der Waals surface area contributed by atoms with Crippen molar-refractivity contribution in [3.8, 4) is 22.8 Å². The number of ether oxygens (including phenoxy) is 1. The van der Waals surface area contributed by atoms with E-state index < -0.39 is 0 Å². The van der Waals surface area contributed by atoms with E-state index in [1.165, 1.54) is 11.3 Å². The molecule has 0 aliphatic rings. The second-order valence-electron chi connectivity index (χ2n) is 5.35. The molecule has 0 atom stereocenters. The van der Waals surface area contributed by atoms with Crippen LogP contribution in [-0.2, 0) is 0 Å².